The molecule has 10 nitrogen and oxygen atoms in total. The summed E-state index contributed by atoms with van der Waals surface area (Å²) in [6.45, 7) is 1.39. The maximum Gasteiger partial charge on any atom is 0.269 e. The molecule has 150 valence electrons. The Morgan fingerprint density at radius 2 is 1.86 bits per heavy atom. The molecule has 2 aromatic carbocycles. The number of rotatable bonds is 6. The Hall–Kier alpha value is -3.95. The Morgan fingerprint density at radius 3 is 2.55 bits per heavy atom. The van der Waals surface area contributed by atoms with Crippen LogP contribution in [0.5, 0.6) is 11.5 Å². The monoisotopic (exact) mass is 398 g/mol. The van der Waals surface area contributed by atoms with E-state index in [1.807, 2.05) is 0 Å². The highest BCUT2D eigenvalue weighted by molar-refractivity contribution is 5.99. The Labute approximate surface area is 165 Å². The number of nitrogens with one attached hydrogen (secondary N) is 2. The molecule has 10 heteroatoms. The average molecular weight is 398 g/mol. The first-order chi connectivity index (χ1) is 13.9. The first-order valence-corrected chi connectivity index (χ1v) is 8.68. The highest BCUT2D eigenvalue weighted by Crippen LogP contribution is 2.30. The lowest BCUT2D eigenvalue weighted by molar-refractivity contribution is -0.384. The number of nitro benzene ring substituents is 1. The second kappa shape index (κ2) is 8.83. The quantitative estimate of drug-likeness (QED) is 0.429. The van der Waals surface area contributed by atoms with Gasteiger partial charge in [-0.3, -0.25) is 19.7 Å². The van der Waals surface area contributed by atoms with Crippen LogP contribution in [-0.2, 0) is 9.59 Å². The van der Waals surface area contributed by atoms with Crippen LogP contribution in [0, 0.1) is 10.1 Å². The normalized spacial score (nSPS) is 15.3. The van der Waals surface area contributed by atoms with Crippen molar-refractivity contribution in [2.75, 3.05) is 13.2 Å². The first-order valence-electron chi connectivity index (χ1n) is 8.68. The minimum atomic E-state index is -0.858. The summed E-state index contributed by atoms with van der Waals surface area (Å²) >= 11 is 0. The van der Waals surface area contributed by atoms with Gasteiger partial charge in [0.05, 0.1) is 17.2 Å². The minimum absolute atomic E-state index is 0.0372. The highest BCUT2D eigenvalue weighted by atomic mass is 16.6. The van der Waals surface area contributed by atoms with Crippen molar-refractivity contribution in [3.8, 4) is 11.5 Å². The number of ether oxygens (including phenoxy) is 2. The van der Waals surface area contributed by atoms with Crippen LogP contribution in [0.3, 0.4) is 0 Å². The van der Waals surface area contributed by atoms with Crippen LogP contribution in [0.1, 0.15) is 12.5 Å². The van der Waals surface area contributed by atoms with Crippen molar-refractivity contribution in [1.82, 2.24) is 10.7 Å². The maximum absolute atomic E-state index is 12.2. The molecular weight excluding hydrogens is 380 g/mol. The fourth-order valence-corrected chi connectivity index (χ4v) is 2.50. The van der Waals surface area contributed by atoms with E-state index in [0.717, 1.165) is 0 Å². The molecule has 3 rings (SSSR count). The van der Waals surface area contributed by atoms with Crippen molar-refractivity contribution in [3.63, 3.8) is 0 Å². The van der Waals surface area contributed by atoms with Crippen molar-refractivity contribution < 1.29 is 24.0 Å². The van der Waals surface area contributed by atoms with Crippen LogP contribution in [0.2, 0.25) is 0 Å². The predicted octanol–water partition coefficient (Wildman–Crippen LogP) is 1.39. The smallest absolute Gasteiger partial charge is 0.269 e. The lowest BCUT2D eigenvalue weighted by atomic mass is 10.1. The van der Waals surface area contributed by atoms with E-state index in [-0.39, 0.29) is 18.8 Å². The van der Waals surface area contributed by atoms with Gasteiger partial charge in [0.15, 0.2) is 11.5 Å². The number of non-ortho nitro benzene ring substituents is 1. The number of hydrogen-bond acceptors (Lipinski definition) is 7. The molecule has 2 aromatic rings. The summed E-state index contributed by atoms with van der Waals surface area (Å²) in [5, 5.41) is 17.1. The maximum atomic E-state index is 12.2. The second-order valence-electron chi connectivity index (χ2n) is 6.12. The Kier molecular flexibility index (Phi) is 6.03. The van der Waals surface area contributed by atoms with Gasteiger partial charge in [-0.2, -0.15) is 5.10 Å². The molecule has 0 aromatic heterocycles. The average Bonchev–Trinajstić information content (AvgIpc) is 2.75. The molecule has 1 aliphatic rings. The molecule has 0 saturated carbocycles. The topological polar surface area (TPSA) is 132 Å². The molecule has 1 atom stereocenters. The van der Waals surface area contributed by atoms with E-state index in [1.165, 1.54) is 24.3 Å². The molecule has 0 unspecified atom stereocenters. The molecule has 2 N–H and O–H groups in total. The first kappa shape index (κ1) is 19.8. The third-order valence-electron chi connectivity index (χ3n) is 4.07. The summed E-state index contributed by atoms with van der Waals surface area (Å²) in [5.74, 6) is 0.0134. The van der Waals surface area contributed by atoms with Crippen molar-refractivity contribution in [2.24, 2.45) is 5.10 Å². The molecule has 0 bridgehead atoms. The highest BCUT2D eigenvalue weighted by Gasteiger charge is 2.27. The van der Waals surface area contributed by atoms with Crippen LogP contribution in [0.25, 0.3) is 0 Å². The summed E-state index contributed by atoms with van der Waals surface area (Å²) in [7, 11) is 0. The van der Waals surface area contributed by atoms with E-state index in [1.54, 1.807) is 31.2 Å². The van der Waals surface area contributed by atoms with Crippen LogP contribution < -0.4 is 20.2 Å². The Balaban J connectivity index is 1.47. The van der Waals surface area contributed by atoms with Gasteiger partial charge >= 0.3 is 0 Å². The third kappa shape index (κ3) is 5.06. The molecule has 0 radical (unpaired) electrons. The van der Waals surface area contributed by atoms with Crippen LogP contribution in [0.15, 0.2) is 53.6 Å². The van der Waals surface area contributed by atoms with Crippen molar-refractivity contribution in [1.29, 1.82) is 0 Å². The van der Waals surface area contributed by atoms with E-state index in [4.69, 9.17) is 9.47 Å². The van der Waals surface area contributed by atoms with Crippen molar-refractivity contribution >= 4 is 23.2 Å². The largest absolute Gasteiger partial charge is 0.485 e. The fraction of sp³-hybridized carbons (Fsp3) is 0.211. The molecule has 0 saturated heterocycles. The van der Waals surface area contributed by atoms with Gasteiger partial charge < -0.3 is 14.8 Å². The van der Waals surface area contributed by atoms with E-state index < -0.39 is 22.8 Å². The molecule has 1 heterocycles. The minimum Gasteiger partial charge on any atom is -0.485 e. The molecule has 0 aliphatic carbocycles. The van der Waals surface area contributed by atoms with Gasteiger partial charge in [-0.15, -0.1) is 0 Å². The lowest BCUT2D eigenvalue weighted by Crippen LogP contribution is -2.46. The summed E-state index contributed by atoms with van der Waals surface area (Å²) in [5.41, 5.74) is 3.36. The number of carbonyl (C=O) groups excluding carboxylic acids is 2. The molecule has 2 amide bonds. The zero-order chi connectivity index (χ0) is 20.8. The molecule has 0 fully saturated rings. The van der Waals surface area contributed by atoms with E-state index in [0.29, 0.717) is 22.8 Å². The Bertz CT molecular complexity index is 957. The summed E-state index contributed by atoms with van der Waals surface area (Å²) < 4.78 is 11.0. The van der Waals surface area contributed by atoms with E-state index >= 15 is 0 Å². The number of hydrazone groups is 1. The number of para-hydroxylation sites is 2. The SMILES string of the molecule is C/C(=N\NC(=O)CNC(=O)[C@H]1COc2ccccc2O1)c1ccc([N+](=O)[O-])cc1. The number of amides is 2. The van der Waals surface area contributed by atoms with Crippen LogP contribution in [-0.4, -0.2) is 41.7 Å². The zero-order valence-corrected chi connectivity index (χ0v) is 15.5. The summed E-state index contributed by atoms with van der Waals surface area (Å²) in [4.78, 5) is 34.3. The predicted molar refractivity (Wildman–Crippen MR) is 103 cm³/mol. The number of fused-ring (bicyclic) bond motifs is 1. The second-order valence-corrected chi connectivity index (χ2v) is 6.12. The van der Waals surface area contributed by atoms with Crippen molar-refractivity contribution in [2.45, 2.75) is 13.0 Å². The molecule has 0 spiro atoms. The van der Waals surface area contributed by atoms with Gasteiger partial charge in [0.25, 0.3) is 17.5 Å². The van der Waals surface area contributed by atoms with Crippen LogP contribution in [0.4, 0.5) is 5.69 Å². The van der Waals surface area contributed by atoms with Gasteiger partial charge in [-0.1, -0.05) is 12.1 Å². The third-order valence-corrected chi connectivity index (χ3v) is 4.07. The van der Waals surface area contributed by atoms with Gasteiger partial charge in [0, 0.05) is 12.1 Å². The zero-order valence-electron chi connectivity index (χ0n) is 15.5. The summed E-state index contributed by atoms with van der Waals surface area (Å²) in [6.07, 6.45) is -0.858. The molecule has 1 aliphatic heterocycles. The number of benzene rings is 2. The van der Waals surface area contributed by atoms with Gasteiger partial charge in [0.1, 0.15) is 6.61 Å². The molecule has 29 heavy (non-hydrogen) atoms. The number of carbonyl (C=O) groups is 2. The summed E-state index contributed by atoms with van der Waals surface area (Å²) in [6, 6.07) is 12.8. The number of nitro groups is 1. The van der Waals surface area contributed by atoms with E-state index in [9.17, 15) is 19.7 Å². The van der Waals surface area contributed by atoms with Crippen LogP contribution >= 0.6 is 0 Å². The Morgan fingerprint density at radius 1 is 1.17 bits per heavy atom. The van der Waals surface area contributed by atoms with Crippen molar-refractivity contribution in [3.05, 3.63) is 64.2 Å². The van der Waals surface area contributed by atoms with Gasteiger partial charge in [-0.05, 0) is 36.8 Å². The molecular formula is C19H18N4O6. The van der Waals surface area contributed by atoms with Gasteiger partial charge in [0.2, 0.25) is 6.10 Å². The van der Waals surface area contributed by atoms with E-state index in [2.05, 4.69) is 15.8 Å². The lowest BCUT2D eigenvalue weighted by Gasteiger charge is -2.25. The van der Waals surface area contributed by atoms with Gasteiger partial charge in [-0.25, -0.2) is 5.43 Å². The fourth-order valence-electron chi connectivity index (χ4n) is 2.50. The number of nitrogens with zero attached hydrogens (tertiary/aromatic N) is 2. The standard InChI is InChI=1S/C19H18N4O6/c1-12(13-6-8-14(9-7-13)23(26)27)21-22-18(24)10-20-19(25)17-11-28-15-4-2-3-5-16(15)29-17/h2-9,17H,10-11H2,1H3,(H,20,25)(H,22,24)/b21-12+/t17-/m1/s1. The number of hydrogen-bond donors (Lipinski definition) is 2.